The number of anilines is 2. The molecule has 2 aliphatic rings. The second kappa shape index (κ2) is 22.8. The molecule has 378 valence electrons. The van der Waals surface area contributed by atoms with Crippen LogP contribution in [0.2, 0.25) is 0 Å². The molecule has 11 nitrogen and oxygen atoms in total. The first-order valence-electron chi connectivity index (χ1n) is 23.7. The third-order valence-corrected chi connectivity index (χ3v) is 14.7. The summed E-state index contributed by atoms with van der Waals surface area (Å²) < 4.78 is 77.0. The fraction of sp³-hybridized carbons (Fsp3) is 0.167. The van der Waals surface area contributed by atoms with Gasteiger partial charge in [0.05, 0.1) is 18.4 Å². The topological polar surface area (TPSA) is 143 Å². The van der Waals surface area contributed by atoms with E-state index in [-0.39, 0.29) is 50.8 Å². The summed E-state index contributed by atoms with van der Waals surface area (Å²) in [6.07, 6.45) is 14.0. The number of esters is 2. The first kappa shape index (κ1) is 51.6. The second-order valence-electron chi connectivity index (χ2n) is 17.6. The number of hydrogen-bond acceptors (Lipinski definition) is 11. The number of hydrogen-bond donors (Lipinski definition) is 1. The Bertz CT molecular complexity index is 3640. The Morgan fingerprint density at radius 1 is 0.627 bits per heavy atom. The molecule has 0 fully saturated rings. The normalized spacial score (nSPS) is 14.6. The summed E-state index contributed by atoms with van der Waals surface area (Å²) in [5.74, 6) is 1.64. The molecule has 0 amide bonds. The molecular formula is C60H49F2N3O8S2. The molecule has 1 aromatic heterocycles. The third-order valence-electron chi connectivity index (χ3n) is 12.8. The SMILES string of the molecule is C#Cc1cccc(Nc2ncnc3cc(OCCOC(=O)CC4=C(C)/C(=C/c5ccc(S(C)=O)cc5)c5ccc(F)cc54)c(OCCOC(=O)CC4=C(C)/C(=C/c5ccc(S(C)=O)cc5)c5ccc(F)cc54)cc23)c1. The van der Waals surface area contributed by atoms with Gasteiger partial charge in [-0.15, -0.1) is 6.42 Å². The van der Waals surface area contributed by atoms with Crippen molar-refractivity contribution in [3.05, 3.63) is 189 Å². The maximum atomic E-state index is 14.7. The average molecular weight is 1040 g/mol. The molecule has 0 bridgehead atoms. The Hall–Kier alpha value is -8.32. The van der Waals surface area contributed by atoms with Crippen molar-refractivity contribution in [2.24, 2.45) is 0 Å². The van der Waals surface area contributed by atoms with E-state index in [9.17, 15) is 26.8 Å². The van der Waals surface area contributed by atoms with Crippen molar-refractivity contribution < 1.29 is 45.7 Å². The van der Waals surface area contributed by atoms with Gasteiger partial charge in [0.1, 0.15) is 50.2 Å². The van der Waals surface area contributed by atoms with E-state index in [0.29, 0.717) is 60.0 Å². The van der Waals surface area contributed by atoms with Crippen LogP contribution >= 0.6 is 0 Å². The number of benzene rings is 6. The Labute approximate surface area is 438 Å². The molecular weight excluding hydrogens is 993 g/mol. The van der Waals surface area contributed by atoms with Crippen LogP contribution in [-0.4, -0.2) is 69.3 Å². The summed E-state index contributed by atoms with van der Waals surface area (Å²) >= 11 is 0. The maximum absolute atomic E-state index is 14.7. The van der Waals surface area contributed by atoms with Gasteiger partial charge in [-0.2, -0.15) is 0 Å². The minimum absolute atomic E-state index is 0.0808. The second-order valence-corrected chi connectivity index (χ2v) is 20.4. The van der Waals surface area contributed by atoms with Crippen LogP contribution in [0.5, 0.6) is 11.5 Å². The van der Waals surface area contributed by atoms with E-state index in [2.05, 4.69) is 21.2 Å². The number of fused-ring (bicyclic) bond motifs is 3. The summed E-state index contributed by atoms with van der Waals surface area (Å²) in [6.45, 7) is 3.31. The van der Waals surface area contributed by atoms with E-state index in [4.69, 9.17) is 25.4 Å². The Kier molecular flexibility index (Phi) is 15.7. The van der Waals surface area contributed by atoms with Crippen LogP contribution in [0, 0.1) is 24.0 Å². The number of allylic oxidation sites excluding steroid dienone is 4. The van der Waals surface area contributed by atoms with Gasteiger partial charge in [-0.05, 0) is 166 Å². The van der Waals surface area contributed by atoms with Gasteiger partial charge in [0.15, 0.2) is 11.5 Å². The number of carbonyl (C=O) groups is 2. The Balaban J connectivity index is 0.887. The zero-order chi connectivity index (χ0) is 52.8. The molecule has 0 spiro atoms. The maximum Gasteiger partial charge on any atom is 0.310 e. The molecule has 0 saturated carbocycles. The zero-order valence-corrected chi connectivity index (χ0v) is 43.0. The predicted molar refractivity (Wildman–Crippen MR) is 291 cm³/mol. The van der Waals surface area contributed by atoms with Crippen molar-refractivity contribution in [2.75, 3.05) is 44.3 Å². The van der Waals surface area contributed by atoms with Gasteiger partial charge in [-0.1, -0.05) is 48.4 Å². The van der Waals surface area contributed by atoms with Gasteiger partial charge < -0.3 is 24.3 Å². The van der Waals surface area contributed by atoms with Gasteiger partial charge in [0, 0.05) is 66.6 Å². The lowest BCUT2D eigenvalue weighted by Gasteiger charge is -2.16. The number of rotatable bonds is 18. The molecule has 9 rings (SSSR count). The molecule has 0 saturated heterocycles. The van der Waals surface area contributed by atoms with Crippen LogP contribution in [-0.2, 0) is 40.7 Å². The van der Waals surface area contributed by atoms with Gasteiger partial charge in [0.2, 0.25) is 0 Å². The third kappa shape index (κ3) is 11.9. The molecule has 1 heterocycles. The number of halogens is 2. The van der Waals surface area contributed by atoms with Crippen molar-refractivity contribution in [1.82, 2.24) is 9.97 Å². The molecule has 2 unspecified atom stereocenters. The lowest BCUT2D eigenvalue weighted by Crippen LogP contribution is -2.14. The highest BCUT2D eigenvalue weighted by atomic mass is 32.2. The smallest absolute Gasteiger partial charge is 0.310 e. The van der Waals surface area contributed by atoms with Gasteiger partial charge in [-0.3, -0.25) is 18.0 Å². The number of nitrogens with zero attached hydrogens (tertiary/aromatic N) is 2. The van der Waals surface area contributed by atoms with Gasteiger partial charge >= 0.3 is 11.9 Å². The standard InChI is InChI=1S/C60H49F2N3O8S2/c1-6-38-8-7-9-43(26-38)65-60-54-31-56(70-22-24-72-58(66)32-50-36(2)48(46-20-14-41(61)29-52(46)50)27-39-10-16-44(17-11-39)74(4)68)57(34-55(54)63-35-64-60)71-23-25-73-59(67)33-51-37(3)49(47-21-15-42(62)30-53(47)51)28-40-12-18-45(19-13-40)75(5)69/h1,7-21,26-31,34-35H,22-25,32-33H2,2-5H3,(H,63,64,65)/b48-27-,49-28-. The van der Waals surface area contributed by atoms with E-state index in [1.165, 1.54) is 30.6 Å². The van der Waals surface area contributed by atoms with E-state index in [1.54, 1.807) is 67.1 Å². The summed E-state index contributed by atoms with van der Waals surface area (Å²) in [7, 11) is -2.25. The summed E-state index contributed by atoms with van der Waals surface area (Å²) in [5, 5.41) is 3.87. The molecule has 75 heavy (non-hydrogen) atoms. The lowest BCUT2D eigenvalue weighted by atomic mass is 10.0. The minimum Gasteiger partial charge on any atom is -0.486 e. The summed E-state index contributed by atoms with van der Waals surface area (Å²) in [6, 6.07) is 34.3. The number of nitrogens with one attached hydrogen (secondary N) is 1. The van der Waals surface area contributed by atoms with Crippen molar-refractivity contribution in [3.8, 4) is 23.8 Å². The Morgan fingerprint density at radius 2 is 1.13 bits per heavy atom. The van der Waals surface area contributed by atoms with Crippen molar-refractivity contribution >= 4 is 90.4 Å². The monoisotopic (exact) mass is 1040 g/mol. The van der Waals surface area contributed by atoms with Crippen LogP contribution in [0.15, 0.2) is 149 Å². The van der Waals surface area contributed by atoms with Crippen LogP contribution in [0.4, 0.5) is 20.3 Å². The van der Waals surface area contributed by atoms with Crippen LogP contribution in [0.3, 0.4) is 0 Å². The van der Waals surface area contributed by atoms with Gasteiger partial charge in [0.25, 0.3) is 0 Å². The molecule has 0 radical (unpaired) electrons. The number of aromatic nitrogens is 2. The molecule has 6 aromatic carbocycles. The first-order valence-corrected chi connectivity index (χ1v) is 26.8. The zero-order valence-electron chi connectivity index (χ0n) is 41.3. The molecule has 2 aliphatic carbocycles. The highest BCUT2D eigenvalue weighted by Crippen LogP contribution is 2.46. The van der Waals surface area contributed by atoms with Crippen molar-refractivity contribution in [1.29, 1.82) is 0 Å². The highest BCUT2D eigenvalue weighted by Gasteiger charge is 2.28. The summed E-state index contributed by atoms with van der Waals surface area (Å²) in [5.41, 5.74) is 10.9. The van der Waals surface area contributed by atoms with Crippen LogP contribution in [0.1, 0.15) is 65.6 Å². The highest BCUT2D eigenvalue weighted by molar-refractivity contribution is 7.84. The first-order chi connectivity index (χ1) is 36.2. The van der Waals surface area contributed by atoms with E-state index in [1.807, 2.05) is 68.5 Å². The number of terminal acetylenes is 1. The van der Waals surface area contributed by atoms with E-state index >= 15 is 0 Å². The Morgan fingerprint density at radius 3 is 1.63 bits per heavy atom. The molecule has 1 N–H and O–H groups in total. The lowest BCUT2D eigenvalue weighted by molar-refractivity contribution is -0.144. The van der Waals surface area contributed by atoms with Crippen molar-refractivity contribution in [3.63, 3.8) is 0 Å². The minimum atomic E-state index is -1.13. The summed E-state index contributed by atoms with van der Waals surface area (Å²) in [4.78, 5) is 37.3. The number of carbonyl (C=O) groups excluding carboxylic acids is 2. The fourth-order valence-electron chi connectivity index (χ4n) is 9.03. The van der Waals surface area contributed by atoms with E-state index < -0.39 is 45.2 Å². The largest absolute Gasteiger partial charge is 0.486 e. The number of ether oxygens (including phenoxy) is 4. The molecule has 2 atom stereocenters. The molecule has 15 heteroatoms. The fourth-order valence-corrected chi connectivity index (χ4v) is 10.1. The average Bonchev–Trinajstić information content (AvgIpc) is 3.80. The van der Waals surface area contributed by atoms with E-state index in [0.717, 1.165) is 44.5 Å². The van der Waals surface area contributed by atoms with Gasteiger partial charge in [-0.25, -0.2) is 18.7 Å². The predicted octanol–water partition coefficient (Wildman–Crippen LogP) is 11.8. The molecule has 0 aliphatic heterocycles. The van der Waals surface area contributed by atoms with Crippen LogP contribution < -0.4 is 14.8 Å². The molecule has 7 aromatic rings. The van der Waals surface area contributed by atoms with Crippen molar-refractivity contribution in [2.45, 2.75) is 36.5 Å². The quantitative estimate of drug-likeness (QED) is 0.0498. The van der Waals surface area contributed by atoms with Crippen LogP contribution in [0.25, 0.3) is 45.3 Å².